The molecule has 0 saturated carbocycles. The molecule has 22 heavy (non-hydrogen) atoms. The molecular weight excluding hydrogens is 294 g/mol. The van der Waals surface area contributed by atoms with Gasteiger partial charge in [-0.25, -0.2) is 4.98 Å². The second-order valence-corrected chi connectivity index (χ2v) is 5.87. The zero-order valence-electron chi connectivity index (χ0n) is 12.3. The lowest BCUT2D eigenvalue weighted by atomic mass is 10.1. The van der Waals surface area contributed by atoms with Crippen LogP contribution in [-0.4, -0.2) is 28.7 Å². The highest BCUT2D eigenvalue weighted by molar-refractivity contribution is 7.98. The smallest absolute Gasteiger partial charge is 0.251 e. The van der Waals surface area contributed by atoms with Gasteiger partial charge in [-0.2, -0.15) is 0 Å². The Hall–Kier alpha value is -2.27. The van der Waals surface area contributed by atoms with E-state index in [-0.39, 0.29) is 5.91 Å². The molecule has 2 N–H and O–H groups in total. The van der Waals surface area contributed by atoms with Crippen molar-refractivity contribution >= 4 is 28.7 Å². The van der Waals surface area contributed by atoms with E-state index < -0.39 is 0 Å². The highest BCUT2D eigenvalue weighted by atomic mass is 32.2. The van der Waals surface area contributed by atoms with Crippen LogP contribution in [0.5, 0.6) is 0 Å². The van der Waals surface area contributed by atoms with Crippen molar-refractivity contribution in [3.05, 3.63) is 59.9 Å². The topological polar surface area (TPSA) is 57.8 Å². The lowest BCUT2D eigenvalue weighted by Crippen LogP contribution is -2.25. The van der Waals surface area contributed by atoms with Crippen molar-refractivity contribution in [3.63, 3.8) is 0 Å². The maximum Gasteiger partial charge on any atom is 0.251 e. The van der Waals surface area contributed by atoms with E-state index in [2.05, 4.69) is 45.8 Å². The second kappa shape index (κ2) is 6.66. The van der Waals surface area contributed by atoms with E-state index in [1.54, 1.807) is 24.2 Å². The summed E-state index contributed by atoms with van der Waals surface area (Å²) in [7, 11) is 0. The summed E-state index contributed by atoms with van der Waals surface area (Å²) in [4.78, 5) is 20.6. The summed E-state index contributed by atoms with van der Waals surface area (Å²) in [6, 6.07) is 13.9. The van der Waals surface area contributed by atoms with E-state index in [1.807, 2.05) is 12.1 Å². The number of hydrogen-bond donors (Lipinski definition) is 2. The molecule has 0 atom stereocenters. The number of aromatic nitrogens is 2. The third-order valence-electron chi connectivity index (χ3n) is 3.54. The SMILES string of the molecule is CSc1ccc(CCNC(=O)c2ccc3nc[nH]c3c2)cc1. The Bertz CT molecular complexity index is 780. The summed E-state index contributed by atoms with van der Waals surface area (Å²) in [6.07, 6.45) is 4.52. The normalized spacial score (nSPS) is 10.8. The number of carbonyl (C=O) groups is 1. The molecule has 1 aromatic heterocycles. The zero-order chi connectivity index (χ0) is 15.4. The van der Waals surface area contributed by atoms with Gasteiger partial charge in [0, 0.05) is 17.0 Å². The van der Waals surface area contributed by atoms with E-state index in [1.165, 1.54) is 10.5 Å². The largest absolute Gasteiger partial charge is 0.352 e. The van der Waals surface area contributed by atoms with Gasteiger partial charge in [-0.3, -0.25) is 4.79 Å². The molecule has 3 aromatic rings. The molecule has 0 bridgehead atoms. The van der Waals surface area contributed by atoms with Crippen LogP contribution in [0.15, 0.2) is 53.7 Å². The quantitative estimate of drug-likeness (QED) is 0.711. The van der Waals surface area contributed by atoms with Crippen molar-refractivity contribution in [2.45, 2.75) is 11.3 Å². The van der Waals surface area contributed by atoms with Gasteiger partial charge in [0.1, 0.15) is 0 Å². The fourth-order valence-electron chi connectivity index (χ4n) is 2.29. The lowest BCUT2D eigenvalue weighted by molar-refractivity contribution is 0.0954. The number of nitrogens with one attached hydrogen (secondary N) is 2. The molecule has 1 amide bonds. The molecule has 0 radical (unpaired) electrons. The molecule has 0 fully saturated rings. The molecule has 0 saturated heterocycles. The molecule has 0 aliphatic rings. The number of amides is 1. The summed E-state index contributed by atoms with van der Waals surface area (Å²) in [5.41, 5.74) is 3.61. The van der Waals surface area contributed by atoms with Gasteiger partial charge in [0.05, 0.1) is 17.4 Å². The first-order chi connectivity index (χ1) is 10.8. The molecule has 112 valence electrons. The molecular formula is C17H17N3OS. The number of benzene rings is 2. The zero-order valence-corrected chi connectivity index (χ0v) is 13.1. The van der Waals surface area contributed by atoms with Gasteiger partial charge < -0.3 is 10.3 Å². The maximum atomic E-state index is 12.2. The fraction of sp³-hybridized carbons (Fsp3) is 0.176. The molecule has 1 heterocycles. The van der Waals surface area contributed by atoms with Crippen LogP contribution >= 0.6 is 11.8 Å². The Balaban J connectivity index is 1.57. The minimum Gasteiger partial charge on any atom is -0.352 e. The summed E-state index contributed by atoms with van der Waals surface area (Å²) in [5, 5.41) is 2.95. The Kier molecular flexibility index (Phi) is 4.44. The lowest BCUT2D eigenvalue weighted by Gasteiger charge is -2.06. The number of hydrogen-bond acceptors (Lipinski definition) is 3. The van der Waals surface area contributed by atoms with Crippen molar-refractivity contribution < 1.29 is 4.79 Å². The van der Waals surface area contributed by atoms with Gasteiger partial charge in [-0.15, -0.1) is 11.8 Å². The van der Waals surface area contributed by atoms with E-state index in [0.29, 0.717) is 12.1 Å². The fourth-order valence-corrected chi connectivity index (χ4v) is 2.70. The Morgan fingerprint density at radius 1 is 1.23 bits per heavy atom. The van der Waals surface area contributed by atoms with Gasteiger partial charge >= 0.3 is 0 Å². The van der Waals surface area contributed by atoms with Gasteiger partial charge in [0.15, 0.2) is 0 Å². The van der Waals surface area contributed by atoms with Gasteiger partial charge in [-0.05, 0) is 48.6 Å². The molecule has 0 aliphatic heterocycles. The molecule has 4 nitrogen and oxygen atoms in total. The first kappa shape index (κ1) is 14.7. The predicted octanol–water partition coefficient (Wildman–Crippen LogP) is 3.26. The third-order valence-corrected chi connectivity index (χ3v) is 4.28. The monoisotopic (exact) mass is 311 g/mol. The highest BCUT2D eigenvalue weighted by Gasteiger charge is 2.06. The van der Waals surface area contributed by atoms with E-state index >= 15 is 0 Å². The van der Waals surface area contributed by atoms with Crippen LogP contribution in [0.25, 0.3) is 11.0 Å². The Labute approximate surface area is 133 Å². The molecule has 5 heteroatoms. The van der Waals surface area contributed by atoms with Crippen molar-refractivity contribution in [1.29, 1.82) is 0 Å². The van der Waals surface area contributed by atoms with Crippen LogP contribution in [0.2, 0.25) is 0 Å². The van der Waals surface area contributed by atoms with Crippen LogP contribution in [0.4, 0.5) is 0 Å². The number of aromatic amines is 1. The first-order valence-electron chi connectivity index (χ1n) is 7.10. The number of fused-ring (bicyclic) bond motifs is 1. The maximum absolute atomic E-state index is 12.2. The van der Waals surface area contributed by atoms with Gasteiger partial charge in [-0.1, -0.05) is 12.1 Å². The number of rotatable bonds is 5. The van der Waals surface area contributed by atoms with Crippen molar-refractivity contribution in [3.8, 4) is 0 Å². The van der Waals surface area contributed by atoms with Gasteiger partial charge in [0.2, 0.25) is 0 Å². The first-order valence-corrected chi connectivity index (χ1v) is 8.33. The summed E-state index contributed by atoms with van der Waals surface area (Å²) >= 11 is 1.73. The van der Waals surface area contributed by atoms with Crippen LogP contribution < -0.4 is 5.32 Å². The van der Waals surface area contributed by atoms with E-state index in [4.69, 9.17) is 0 Å². The minimum absolute atomic E-state index is 0.0581. The molecule has 2 aromatic carbocycles. The number of imidazole rings is 1. The number of nitrogens with zero attached hydrogens (tertiary/aromatic N) is 1. The molecule has 0 spiro atoms. The van der Waals surface area contributed by atoms with E-state index in [9.17, 15) is 4.79 Å². The average molecular weight is 311 g/mol. The third kappa shape index (κ3) is 3.31. The van der Waals surface area contributed by atoms with Crippen LogP contribution in [-0.2, 0) is 6.42 Å². The Morgan fingerprint density at radius 2 is 2.05 bits per heavy atom. The number of H-pyrrole nitrogens is 1. The van der Waals surface area contributed by atoms with Crippen LogP contribution in [0.1, 0.15) is 15.9 Å². The van der Waals surface area contributed by atoms with Crippen LogP contribution in [0.3, 0.4) is 0 Å². The van der Waals surface area contributed by atoms with Gasteiger partial charge in [0.25, 0.3) is 5.91 Å². The Morgan fingerprint density at radius 3 is 2.82 bits per heavy atom. The van der Waals surface area contributed by atoms with Crippen molar-refractivity contribution in [1.82, 2.24) is 15.3 Å². The molecule has 0 unspecified atom stereocenters. The number of carbonyl (C=O) groups excluding carboxylic acids is 1. The van der Waals surface area contributed by atoms with E-state index in [0.717, 1.165) is 17.5 Å². The predicted molar refractivity (Wildman–Crippen MR) is 90.4 cm³/mol. The number of thioether (sulfide) groups is 1. The van der Waals surface area contributed by atoms with Crippen molar-refractivity contribution in [2.24, 2.45) is 0 Å². The van der Waals surface area contributed by atoms with Crippen LogP contribution in [0, 0.1) is 0 Å². The molecule has 3 rings (SSSR count). The summed E-state index contributed by atoms with van der Waals surface area (Å²) in [5.74, 6) is -0.0581. The standard InChI is InChI=1S/C17H17N3OS/c1-22-14-5-2-12(3-6-14)8-9-18-17(21)13-4-7-15-16(10-13)20-11-19-15/h2-7,10-11H,8-9H2,1H3,(H,18,21)(H,19,20). The summed E-state index contributed by atoms with van der Waals surface area (Å²) in [6.45, 7) is 0.623. The average Bonchev–Trinajstić information content (AvgIpc) is 3.03. The van der Waals surface area contributed by atoms with Crippen molar-refractivity contribution in [2.75, 3.05) is 12.8 Å². The second-order valence-electron chi connectivity index (χ2n) is 4.99. The molecule has 0 aliphatic carbocycles. The highest BCUT2D eigenvalue weighted by Crippen LogP contribution is 2.15. The minimum atomic E-state index is -0.0581. The summed E-state index contributed by atoms with van der Waals surface area (Å²) < 4.78 is 0.